The molecular formula is C17H22ClF2N3O2S. The third-order valence-corrected chi connectivity index (χ3v) is 5.86. The van der Waals surface area contributed by atoms with Crippen molar-refractivity contribution in [2.45, 2.75) is 13.3 Å². The zero-order chi connectivity index (χ0) is 18.0. The average Bonchev–Trinajstić information content (AvgIpc) is 2.79. The summed E-state index contributed by atoms with van der Waals surface area (Å²) in [6.45, 7) is 3.96. The van der Waals surface area contributed by atoms with Crippen molar-refractivity contribution in [1.29, 1.82) is 0 Å². The van der Waals surface area contributed by atoms with Crippen molar-refractivity contribution in [3.63, 3.8) is 0 Å². The van der Waals surface area contributed by atoms with Crippen LogP contribution in [-0.2, 0) is 0 Å². The Balaban J connectivity index is 0.00000243. The molecule has 3 N–H and O–H groups in total. The minimum Gasteiger partial charge on any atom is -0.317 e. The number of nitrogens with zero attached hydrogens (tertiary/aromatic N) is 2. The number of fused-ring (bicyclic) bond motifs is 1. The number of para-hydroxylation sites is 2. The summed E-state index contributed by atoms with van der Waals surface area (Å²) >= 11 is 0. The maximum atomic E-state index is 14.3. The molecule has 3 rings (SSSR count). The Bertz CT molecular complexity index is 767. The number of halogens is 3. The standard InChI is InChI=1S/C17H21F2N3O2S.ClH/c1-2-20-10-5-11-21-16-6-3-4-7-17(16)22(25(21,23)24)15-9-8-13(18)12-14(15)19;/h3-4,6-9,12,20,23-24H,2,5,10-11H2,1H3;1H. The lowest BCUT2D eigenvalue weighted by Gasteiger charge is -2.43. The van der Waals surface area contributed by atoms with Gasteiger partial charge in [-0.05, 0) is 54.7 Å². The van der Waals surface area contributed by atoms with Crippen LogP contribution in [0.25, 0.3) is 0 Å². The fourth-order valence-corrected chi connectivity index (χ4v) is 4.70. The lowest BCUT2D eigenvalue weighted by atomic mass is 10.2. The zero-order valence-electron chi connectivity index (χ0n) is 14.2. The molecule has 9 heteroatoms. The van der Waals surface area contributed by atoms with Gasteiger partial charge in [-0.1, -0.05) is 19.1 Å². The molecular weight excluding hydrogens is 384 g/mol. The summed E-state index contributed by atoms with van der Waals surface area (Å²) in [5.41, 5.74) is 1.03. The van der Waals surface area contributed by atoms with E-state index in [9.17, 15) is 17.9 Å². The minimum atomic E-state index is -3.49. The maximum Gasteiger partial charge on any atom is 0.151 e. The highest BCUT2D eigenvalue weighted by atomic mass is 35.5. The van der Waals surface area contributed by atoms with Gasteiger partial charge in [-0.15, -0.1) is 12.4 Å². The summed E-state index contributed by atoms with van der Waals surface area (Å²) in [6.07, 6.45) is 0.692. The number of rotatable bonds is 6. The van der Waals surface area contributed by atoms with E-state index >= 15 is 0 Å². The highest BCUT2D eigenvalue weighted by Crippen LogP contribution is 2.64. The summed E-state index contributed by atoms with van der Waals surface area (Å²) in [5.74, 6) is -1.56. The summed E-state index contributed by atoms with van der Waals surface area (Å²) in [4.78, 5) is 0. The number of benzene rings is 2. The van der Waals surface area contributed by atoms with Crippen molar-refractivity contribution in [2.24, 2.45) is 0 Å². The monoisotopic (exact) mass is 405 g/mol. The maximum absolute atomic E-state index is 14.3. The fourth-order valence-electron chi connectivity index (χ4n) is 2.88. The van der Waals surface area contributed by atoms with Crippen molar-refractivity contribution in [1.82, 2.24) is 5.32 Å². The molecule has 0 fully saturated rings. The van der Waals surface area contributed by atoms with Gasteiger partial charge in [0, 0.05) is 12.6 Å². The van der Waals surface area contributed by atoms with Crippen LogP contribution in [-0.4, -0.2) is 28.7 Å². The van der Waals surface area contributed by atoms with Crippen LogP contribution in [0.4, 0.5) is 25.8 Å². The molecule has 2 aromatic carbocycles. The molecule has 0 aliphatic carbocycles. The van der Waals surface area contributed by atoms with Gasteiger partial charge in [0.1, 0.15) is 11.5 Å². The second kappa shape index (κ2) is 8.41. The largest absolute Gasteiger partial charge is 0.317 e. The van der Waals surface area contributed by atoms with E-state index < -0.39 is 22.6 Å². The van der Waals surface area contributed by atoms with Gasteiger partial charge in [0.25, 0.3) is 0 Å². The predicted molar refractivity (Wildman–Crippen MR) is 106 cm³/mol. The van der Waals surface area contributed by atoms with E-state index in [4.69, 9.17) is 0 Å². The van der Waals surface area contributed by atoms with Crippen molar-refractivity contribution < 1.29 is 17.9 Å². The van der Waals surface area contributed by atoms with E-state index in [0.717, 1.165) is 29.5 Å². The Hall–Kier alpha value is -1.58. The van der Waals surface area contributed by atoms with Crippen LogP contribution in [0.5, 0.6) is 0 Å². The molecule has 0 saturated carbocycles. The van der Waals surface area contributed by atoms with Crippen molar-refractivity contribution in [3.8, 4) is 0 Å². The van der Waals surface area contributed by atoms with E-state index in [1.807, 2.05) is 6.92 Å². The molecule has 26 heavy (non-hydrogen) atoms. The lowest BCUT2D eigenvalue weighted by Crippen LogP contribution is -2.33. The topological polar surface area (TPSA) is 59.0 Å². The Morgan fingerprint density at radius 2 is 1.73 bits per heavy atom. The summed E-state index contributed by atoms with van der Waals surface area (Å²) < 4.78 is 51.9. The fraction of sp³-hybridized carbons (Fsp3) is 0.294. The summed E-state index contributed by atoms with van der Waals surface area (Å²) in [5, 5.41) is 3.19. The molecule has 1 aliphatic rings. The molecule has 0 radical (unpaired) electrons. The first kappa shape index (κ1) is 20.7. The Kier molecular flexibility index (Phi) is 6.70. The average molecular weight is 406 g/mol. The molecule has 0 bridgehead atoms. The van der Waals surface area contributed by atoms with E-state index in [0.29, 0.717) is 24.3 Å². The molecule has 0 atom stereocenters. The molecule has 2 aromatic rings. The molecule has 144 valence electrons. The van der Waals surface area contributed by atoms with Crippen LogP contribution in [0.1, 0.15) is 13.3 Å². The number of hydrogen-bond acceptors (Lipinski definition) is 5. The van der Waals surface area contributed by atoms with Crippen LogP contribution < -0.4 is 13.9 Å². The van der Waals surface area contributed by atoms with E-state index in [2.05, 4.69) is 5.32 Å². The third kappa shape index (κ3) is 3.74. The van der Waals surface area contributed by atoms with Gasteiger partial charge in [-0.2, -0.15) is 0 Å². The van der Waals surface area contributed by atoms with Crippen LogP contribution in [0.3, 0.4) is 0 Å². The predicted octanol–water partition coefficient (Wildman–Crippen LogP) is 4.92. The molecule has 0 amide bonds. The van der Waals surface area contributed by atoms with E-state index in [1.54, 1.807) is 24.3 Å². The van der Waals surface area contributed by atoms with Crippen LogP contribution >= 0.6 is 23.4 Å². The smallest absolute Gasteiger partial charge is 0.151 e. The van der Waals surface area contributed by atoms with Crippen LogP contribution in [0, 0.1) is 11.6 Å². The number of nitrogens with one attached hydrogen (secondary N) is 1. The van der Waals surface area contributed by atoms with Crippen LogP contribution in [0.2, 0.25) is 0 Å². The quantitative estimate of drug-likeness (QED) is 0.595. The first-order valence-electron chi connectivity index (χ1n) is 8.07. The molecule has 1 aliphatic heterocycles. The van der Waals surface area contributed by atoms with E-state index in [1.165, 1.54) is 10.4 Å². The van der Waals surface area contributed by atoms with Crippen molar-refractivity contribution >= 4 is 40.4 Å². The van der Waals surface area contributed by atoms with Crippen molar-refractivity contribution in [3.05, 3.63) is 54.1 Å². The lowest BCUT2D eigenvalue weighted by molar-refractivity contribution is 0.482. The minimum absolute atomic E-state index is 0. The van der Waals surface area contributed by atoms with Crippen LogP contribution in [0.15, 0.2) is 42.5 Å². The second-order valence-corrected chi connectivity index (χ2v) is 7.46. The van der Waals surface area contributed by atoms with Gasteiger partial charge >= 0.3 is 0 Å². The molecule has 1 heterocycles. The highest BCUT2D eigenvalue weighted by molar-refractivity contribution is 8.27. The third-order valence-electron chi connectivity index (χ3n) is 4.00. The summed E-state index contributed by atoms with van der Waals surface area (Å²) in [7, 11) is -3.49. The Morgan fingerprint density at radius 1 is 1.04 bits per heavy atom. The zero-order valence-corrected chi connectivity index (χ0v) is 15.9. The SMILES string of the molecule is CCNCCCN1c2ccccc2N(c2ccc(F)cc2F)S1(O)O.Cl. The molecule has 0 spiro atoms. The first-order chi connectivity index (χ1) is 12.0. The number of hydrogen-bond donors (Lipinski definition) is 3. The first-order valence-corrected chi connectivity index (χ1v) is 9.54. The molecule has 5 nitrogen and oxygen atoms in total. The molecule has 0 unspecified atom stereocenters. The Labute approximate surface area is 159 Å². The normalized spacial score (nSPS) is 16.2. The second-order valence-electron chi connectivity index (χ2n) is 5.68. The summed E-state index contributed by atoms with van der Waals surface area (Å²) in [6, 6.07) is 10.0. The number of anilines is 3. The van der Waals surface area contributed by atoms with E-state index in [-0.39, 0.29) is 18.1 Å². The van der Waals surface area contributed by atoms with Gasteiger partial charge in [0.15, 0.2) is 5.82 Å². The van der Waals surface area contributed by atoms with Gasteiger partial charge < -0.3 is 5.32 Å². The van der Waals surface area contributed by atoms with Gasteiger partial charge in [0.2, 0.25) is 0 Å². The Morgan fingerprint density at radius 3 is 2.38 bits per heavy atom. The molecule has 0 saturated heterocycles. The van der Waals surface area contributed by atoms with Gasteiger partial charge in [-0.3, -0.25) is 13.4 Å². The highest BCUT2D eigenvalue weighted by Gasteiger charge is 2.42. The molecule has 0 aromatic heterocycles. The van der Waals surface area contributed by atoms with Crippen molar-refractivity contribution in [2.75, 3.05) is 28.2 Å². The van der Waals surface area contributed by atoms with Gasteiger partial charge in [-0.25, -0.2) is 13.1 Å². The van der Waals surface area contributed by atoms with Gasteiger partial charge in [0.05, 0.1) is 11.4 Å².